The van der Waals surface area contributed by atoms with Crippen molar-refractivity contribution in [2.75, 3.05) is 11.1 Å². The summed E-state index contributed by atoms with van der Waals surface area (Å²) in [4.78, 5) is 12.0. The molecule has 0 aliphatic rings. The number of benzene rings is 2. The van der Waals surface area contributed by atoms with E-state index in [1.807, 2.05) is 0 Å². The van der Waals surface area contributed by atoms with E-state index in [0.717, 1.165) is 6.07 Å². The summed E-state index contributed by atoms with van der Waals surface area (Å²) in [5.41, 5.74) is 6.29. The second-order valence-electron chi connectivity index (χ2n) is 3.94. The molecule has 0 heterocycles. The second kappa shape index (κ2) is 5.87. The van der Waals surface area contributed by atoms with Gasteiger partial charge in [0, 0.05) is 11.3 Å². The maximum Gasteiger partial charge on any atom is 0.255 e. The molecule has 0 radical (unpaired) electrons. The van der Waals surface area contributed by atoms with Crippen LogP contribution < -0.4 is 11.1 Å². The van der Waals surface area contributed by atoms with E-state index in [0.29, 0.717) is 0 Å². The Labute approximate surface area is 129 Å². The maximum absolute atomic E-state index is 13.3. The number of carbonyl (C=O) groups excluding carboxylic acids is 1. The summed E-state index contributed by atoms with van der Waals surface area (Å²) in [5.74, 6) is -1.12. The summed E-state index contributed by atoms with van der Waals surface area (Å²) in [6.07, 6.45) is 0. The highest BCUT2D eigenvalue weighted by molar-refractivity contribution is 6.44. The number of nitrogen functional groups attached to an aromatic ring is 1. The Hall–Kier alpha value is -1.49. The van der Waals surface area contributed by atoms with Gasteiger partial charge in [-0.05, 0) is 30.3 Å². The van der Waals surface area contributed by atoms with Crippen LogP contribution in [-0.2, 0) is 0 Å². The summed E-state index contributed by atoms with van der Waals surface area (Å²) >= 11 is 17.2. The summed E-state index contributed by atoms with van der Waals surface area (Å²) < 4.78 is 13.3. The Morgan fingerprint density at radius 2 is 1.80 bits per heavy atom. The van der Waals surface area contributed by atoms with Crippen LogP contribution in [0.15, 0.2) is 30.3 Å². The summed E-state index contributed by atoms with van der Waals surface area (Å²) in [6.45, 7) is 0. The van der Waals surface area contributed by atoms with Gasteiger partial charge in [0.05, 0.1) is 20.8 Å². The lowest BCUT2D eigenvalue weighted by Crippen LogP contribution is -2.12. The van der Waals surface area contributed by atoms with Gasteiger partial charge in [-0.1, -0.05) is 34.8 Å². The van der Waals surface area contributed by atoms with Crippen molar-refractivity contribution in [3.05, 3.63) is 56.8 Å². The summed E-state index contributed by atoms with van der Waals surface area (Å²) in [5, 5.41) is 2.83. The molecule has 2 rings (SSSR count). The number of amides is 1. The normalized spacial score (nSPS) is 10.4. The largest absolute Gasteiger partial charge is 0.397 e. The molecule has 104 valence electrons. The van der Waals surface area contributed by atoms with Crippen LogP contribution >= 0.6 is 34.8 Å². The van der Waals surface area contributed by atoms with E-state index < -0.39 is 11.7 Å². The molecule has 7 heteroatoms. The molecule has 0 aliphatic heterocycles. The first-order valence-corrected chi connectivity index (χ1v) is 6.53. The molecule has 1 amide bonds. The van der Waals surface area contributed by atoms with E-state index in [-0.39, 0.29) is 32.0 Å². The predicted molar refractivity (Wildman–Crippen MR) is 80.2 cm³/mol. The van der Waals surface area contributed by atoms with Gasteiger partial charge in [-0.15, -0.1) is 0 Å². The number of hydrogen-bond acceptors (Lipinski definition) is 2. The third kappa shape index (κ3) is 3.15. The molecule has 0 spiro atoms. The smallest absolute Gasteiger partial charge is 0.255 e. The minimum absolute atomic E-state index is 0.0261. The predicted octanol–water partition coefficient (Wildman–Crippen LogP) is 4.62. The first kappa shape index (κ1) is 14.9. The molecule has 0 aromatic heterocycles. The van der Waals surface area contributed by atoms with Crippen LogP contribution in [0.1, 0.15) is 10.4 Å². The topological polar surface area (TPSA) is 55.1 Å². The highest BCUT2D eigenvalue weighted by Gasteiger charge is 2.12. The molecular formula is C13H8Cl3FN2O. The van der Waals surface area contributed by atoms with Crippen LogP contribution in [0, 0.1) is 5.82 Å². The van der Waals surface area contributed by atoms with Crippen LogP contribution in [-0.4, -0.2) is 5.91 Å². The van der Waals surface area contributed by atoms with Gasteiger partial charge in [0.15, 0.2) is 0 Å². The molecule has 0 bridgehead atoms. The van der Waals surface area contributed by atoms with E-state index in [4.69, 9.17) is 40.5 Å². The van der Waals surface area contributed by atoms with Crippen molar-refractivity contribution < 1.29 is 9.18 Å². The average Bonchev–Trinajstić information content (AvgIpc) is 2.39. The average molecular weight is 334 g/mol. The van der Waals surface area contributed by atoms with E-state index in [1.165, 1.54) is 24.3 Å². The molecule has 0 saturated heterocycles. The van der Waals surface area contributed by atoms with Gasteiger partial charge >= 0.3 is 0 Å². The fourth-order valence-corrected chi connectivity index (χ4v) is 1.97. The van der Waals surface area contributed by atoms with E-state index in [2.05, 4.69) is 5.32 Å². The number of anilines is 2. The van der Waals surface area contributed by atoms with E-state index >= 15 is 0 Å². The molecule has 0 fully saturated rings. The van der Waals surface area contributed by atoms with Crippen molar-refractivity contribution in [1.82, 2.24) is 0 Å². The Morgan fingerprint density at radius 3 is 2.40 bits per heavy atom. The first-order chi connectivity index (χ1) is 9.38. The van der Waals surface area contributed by atoms with Gasteiger partial charge < -0.3 is 11.1 Å². The van der Waals surface area contributed by atoms with Gasteiger partial charge in [0.25, 0.3) is 5.91 Å². The van der Waals surface area contributed by atoms with Gasteiger partial charge in [0.1, 0.15) is 5.82 Å². The molecule has 2 aromatic carbocycles. The SMILES string of the molecule is Nc1cc(C(=O)Nc2ccc(Cl)c(F)c2)cc(Cl)c1Cl. The van der Waals surface area contributed by atoms with Crippen molar-refractivity contribution in [2.24, 2.45) is 0 Å². The Kier molecular flexibility index (Phi) is 4.38. The minimum Gasteiger partial charge on any atom is -0.397 e. The number of carbonyl (C=O) groups is 1. The molecule has 0 unspecified atom stereocenters. The number of nitrogens with one attached hydrogen (secondary N) is 1. The highest BCUT2D eigenvalue weighted by Crippen LogP contribution is 2.29. The number of nitrogens with two attached hydrogens (primary N) is 1. The van der Waals surface area contributed by atoms with Crippen molar-refractivity contribution in [1.29, 1.82) is 0 Å². The lowest BCUT2D eigenvalue weighted by atomic mass is 10.2. The maximum atomic E-state index is 13.3. The van der Waals surface area contributed by atoms with Crippen LogP contribution in [0.4, 0.5) is 15.8 Å². The Balaban J connectivity index is 2.26. The van der Waals surface area contributed by atoms with Gasteiger partial charge in [0.2, 0.25) is 0 Å². The number of rotatable bonds is 2. The van der Waals surface area contributed by atoms with Crippen LogP contribution in [0.25, 0.3) is 0 Å². The molecule has 0 atom stereocenters. The number of halogens is 4. The molecule has 0 saturated carbocycles. The molecule has 0 aliphatic carbocycles. The zero-order valence-corrected chi connectivity index (χ0v) is 12.2. The van der Waals surface area contributed by atoms with E-state index in [1.54, 1.807) is 0 Å². The van der Waals surface area contributed by atoms with E-state index in [9.17, 15) is 9.18 Å². The molecule has 3 N–H and O–H groups in total. The van der Waals surface area contributed by atoms with Crippen LogP contribution in [0.5, 0.6) is 0 Å². The van der Waals surface area contributed by atoms with Crippen molar-refractivity contribution in [3.63, 3.8) is 0 Å². The van der Waals surface area contributed by atoms with Crippen molar-refractivity contribution in [3.8, 4) is 0 Å². The first-order valence-electron chi connectivity index (χ1n) is 5.39. The van der Waals surface area contributed by atoms with Crippen LogP contribution in [0.3, 0.4) is 0 Å². The lowest BCUT2D eigenvalue weighted by Gasteiger charge is -2.08. The number of hydrogen-bond donors (Lipinski definition) is 2. The second-order valence-corrected chi connectivity index (χ2v) is 5.14. The molecular weight excluding hydrogens is 326 g/mol. The van der Waals surface area contributed by atoms with Gasteiger partial charge in [-0.3, -0.25) is 4.79 Å². The van der Waals surface area contributed by atoms with Gasteiger partial charge in [-0.2, -0.15) is 0 Å². The van der Waals surface area contributed by atoms with Crippen molar-refractivity contribution >= 4 is 52.1 Å². The molecule has 2 aromatic rings. The monoisotopic (exact) mass is 332 g/mol. The molecule has 20 heavy (non-hydrogen) atoms. The van der Waals surface area contributed by atoms with Crippen LogP contribution in [0.2, 0.25) is 15.1 Å². The zero-order valence-electron chi connectivity index (χ0n) is 9.88. The highest BCUT2D eigenvalue weighted by atomic mass is 35.5. The van der Waals surface area contributed by atoms with Gasteiger partial charge in [-0.25, -0.2) is 4.39 Å². The quantitative estimate of drug-likeness (QED) is 0.788. The fourth-order valence-electron chi connectivity index (χ4n) is 1.52. The Morgan fingerprint density at radius 1 is 1.10 bits per heavy atom. The third-order valence-electron chi connectivity index (χ3n) is 2.50. The third-order valence-corrected chi connectivity index (χ3v) is 3.62. The Bertz CT molecular complexity index is 668. The molecule has 3 nitrogen and oxygen atoms in total. The summed E-state index contributed by atoms with van der Waals surface area (Å²) in [7, 11) is 0. The standard InChI is InChI=1S/C13H8Cl3FN2O/c14-8-2-1-7(5-10(8)17)19-13(20)6-3-9(15)12(16)11(18)4-6/h1-5H,18H2,(H,19,20). The lowest BCUT2D eigenvalue weighted by molar-refractivity contribution is 0.102. The fraction of sp³-hybridized carbons (Fsp3) is 0. The summed E-state index contributed by atoms with van der Waals surface area (Å²) in [6, 6.07) is 6.69. The van der Waals surface area contributed by atoms with Crippen molar-refractivity contribution in [2.45, 2.75) is 0 Å². The minimum atomic E-state index is -0.627. The zero-order chi connectivity index (χ0) is 14.9.